The molecule has 0 aliphatic rings. The van der Waals surface area contributed by atoms with Crippen LogP contribution in [0.4, 0.5) is 0 Å². The lowest BCUT2D eigenvalue weighted by molar-refractivity contribution is 0.132. The van der Waals surface area contributed by atoms with E-state index in [2.05, 4.69) is 19.2 Å². The van der Waals surface area contributed by atoms with Crippen molar-refractivity contribution >= 4 is 0 Å². The van der Waals surface area contributed by atoms with Crippen LogP contribution in [0.25, 0.3) is 0 Å². The Labute approximate surface area is 102 Å². The molecule has 2 nitrogen and oxygen atoms in total. The van der Waals surface area contributed by atoms with Gasteiger partial charge in [-0.1, -0.05) is 58.8 Å². The van der Waals surface area contributed by atoms with Gasteiger partial charge < -0.3 is 10.1 Å². The van der Waals surface area contributed by atoms with E-state index in [9.17, 15) is 0 Å². The molecule has 0 aromatic heterocycles. The van der Waals surface area contributed by atoms with E-state index in [1.807, 2.05) is 0 Å². The van der Waals surface area contributed by atoms with Gasteiger partial charge >= 0.3 is 0 Å². The first-order valence-electron chi connectivity index (χ1n) is 7.20. The van der Waals surface area contributed by atoms with Crippen molar-refractivity contribution in [2.75, 3.05) is 26.3 Å². The van der Waals surface area contributed by atoms with E-state index in [1.165, 1.54) is 51.4 Å². The zero-order valence-electron chi connectivity index (χ0n) is 11.4. The number of ether oxygens (including phenoxy) is 1. The molecular formula is C14H31NO. The minimum atomic E-state index is 0.865. The molecule has 98 valence electrons. The van der Waals surface area contributed by atoms with E-state index in [4.69, 9.17) is 4.74 Å². The summed E-state index contributed by atoms with van der Waals surface area (Å²) in [5, 5.41) is 3.25. The zero-order valence-corrected chi connectivity index (χ0v) is 11.4. The fourth-order valence-corrected chi connectivity index (χ4v) is 1.76. The largest absolute Gasteiger partial charge is 0.380 e. The summed E-state index contributed by atoms with van der Waals surface area (Å²) in [4.78, 5) is 0. The van der Waals surface area contributed by atoms with Crippen molar-refractivity contribution in [2.45, 2.75) is 65.2 Å². The Bertz CT molecular complexity index is 103. The van der Waals surface area contributed by atoms with Crippen molar-refractivity contribution in [1.29, 1.82) is 0 Å². The number of hydrogen-bond donors (Lipinski definition) is 1. The maximum atomic E-state index is 5.52. The predicted molar refractivity (Wildman–Crippen MR) is 72.0 cm³/mol. The Morgan fingerprint density at radius 2 is 1.38 bits per heavy atom. The SMILES string of the molecule is CCCCCCCCCCOCCNCC. The fraction of sp³-hybridized carbons (Fsp3) is 1.00. The number of rotatable bonds is 13. The molecule has 0 aromatic rings. The van der Waals surface area contributed by atoms with Crippen molar-refractivity contribution in [3.63, 3.8) is 0 Å². The highest BCUT2D eigenvalue weighted by atomic mass is 16.5. The third-order valence-corrected chi connectivity index (χ3v) is 2.82. The molecule has 0 saturated heterocycles. The quantitative estimate of drug-likeness (QED) is 0.486. The van der Waals surface area contributed by atoms with Gasteiger partial charge in [-0.3, -0.25) is 0 Å². The lowest BCUT2D eigenvalue weighted by atomic mass is 10.1. The van der Waals surface area contributed by atoms with Crippen LogP contribution >= 0.6 is 0 Å². The molecule has 2 heteroatoms. The van der Waals surface area contributed by atoms with Gasteiger partial charge in [0.25, 0.3) is 0 Å². The Balaban J connectivity index is 2.83. The van der Waals surface area contributed by atoms with Crippen LogP contribution in [-0.2, 0) is 4.74 Å². The highest BCUT2D eigenvalue weighted by molar-refractivity contribution is 4.46. The molecule has 0 aliphatic carbocycles. The van der Waals surface area contributed by atoms with E-state index in [0.29, 0.717) is 0 Å². The number of hydrogen-bond acceptors (Lipinski definition) is 2. The third kappa shape index (κ3) is 13.9. The Morgan fingerprint density at radius 3 is 2.00 bits per heavy atom. The van der Waals surface area contributed by atoms with E-state index in [0.717, 1.165) is 26.3 Å². The van der Waals surface area contributed by atoms with Crippen LogP contribution in [0.2, 0.25) is 0 Å². The smallest absolute Gasteiger partial charge is 0.0590 e. The predicted octanol–water partition coefficient (Wildman–Crippen LogP) is 3.75. The number of unbranched alkanes of at least 4 members (excludes halogenated alkanes) is 7. The van der Waals surface area contributed by atoms with E-state index < -0.39 is 0 Å². The Kier molecular flexibility index (Phi) is 14.8. The summed E-state index contributed by atoms with van der Waals surface area (Å²) in [6.07, 6.45) is 11.0. The normalized spacial score (nSPS) is 10.9. The molecule has 0 aliphatic heterocycles. The van der Waals surface area contributed by atoms with E-state index in [1.54, 1.807) is 0 Å². The van der Waals surface area contributed by atoms with Crippen molar-refractivity contribution < 1.29 is 4.74 Å². The first-order valence-corrected chi connectivity index (χ1v) is 7.20. The molecule has 0 heterocycles. The molecule has 0 amide bonds. The van der Waals surface area contributed by atoms with Gasteiger partial charge in [0, 0.05) is 13.2 Å². The summed E-state index contributed by atoms with van der Waals surface area (Å²) in [6, 6.07) is 0. The highest BCUT2D eigenvalue weighted by Gasteiger charge is 1.92. The van der Waals surface area contributed by atoms with E-state index in [-0.39, 0.29) is 0 Å². The molecule has 0 aromatic carbocycles. The second-order valence-corrected chi connectivity index (χ2v) is 4.44. The molecule has 0 atom stereocenters. The van der Waals surface area contributed by atoms with Gasteiger partial charge in [-0.25, -0.2) is 0 Å². The van der Waals surface area contributed by atoms with Gasteiger partial charge in [0.15, 0.2) is 0 Å². The lowest BCUT2D eigenvalue weighted by Crippen LogP contribution is -2.19. The molecule has 0 rings (SSSR count). The summed E-state index contributed by atoms with van der Waals surface area (Å²) in [5.41, 5.74) is 0. The number of likely N-dealkylation sites (N-methyl/N-ethyl adjacent to an activating group) is 1. The summed E-state index contributed by atoms with van der Waals surface area (Å²) < 4.78 is 5.52. The van der Waals surface area contributed by atoms with Gasteiger partial charge in [0.1, 0.15) is 0 Å². The molecule has 0 radical (unpaired) electrons. The van der Waals surface area contributed by atoms with Crippen molar-refractivity contribution in [1.82, 2.24) is 5.32 Å². The molecule has 0 saturated carbocycles. The lowest BCUT2D eigenvalue weighted by Gasteiger charge is -2.04. The Hall–Kier alpha value is -0.0800. The molecule has 0 fully saturated rings. The average molecular weight is 229 g/mol. The van der Waals surface area contributed by atoms with Gasteiger partial charge in [-0.15, -0.1) is 0 Å². The van der Waals surface area contributed by atoms with Crippen LogP contribution in [0.15, 0.2) is 0 Å². The van der Waals surface area contributed by atoms with Crippen LogP contribution in [-0.4, -0.2) is 26.3 Å². The van der Waals surface area contributed by atoms with Crippen LogP contribution in [0.1, 0.15) is 65.2 Å². The van der Waals surface area contributed by atoms with Crippen molar-refractivity contribution in [2.24, 2.45) is 0 Å². The van der Waals surface area contributed by atoms with Crippen molar-refractivity contribution in [3.05, 3.63) is 0 Å². The summed E-state index contributed by atoms with van der Waals surface area (Å²) in [7, 11) is 0. The second kappa shape index (κ2) is 14.9. The summed E-state index contributed by atoms with van der Waals surface area (Å²) >= 11 is 0. The van der Waals surface area contributed by atoms with Crippen LogP contribution < -0.4 is 5.32 Å². The monoisotopic (exact) mass is 229 g/mol. The second-order valence-electron chi connectivity index (χ2n) is 4.44. The summed E-state index contributed by atoms with van der Waals surface area (Å²) in [6.45, 7) is 8.24. The zero-order chi connectivity index (χ0) is 11.9. The first-order chi connectivity index (χ1) is 7.91. The van der Waals surface area contributed by atoms with Crippen LogP contribution in [0.5, 0.6) is 0 Å². The third-order valence-electron chi connectivity index (χ3n) is 2.82. The van der Waals surface area contributed by atoms with Gasteiger partial charge in [-0.05, 0) is 13.0 Å². The van der Waals surface area contributed by atoms with E-state index >= 15 is 0 Å². The topological polar surface area (TPSA) is 21.3 Å². The maximum Gasteiger partial charge on any atom is 0.0590 e. The summed E-state index contributed by atoms with van der Waals surface area (Å²) in [5.74, 6) is 0. The van der Waals surface area contributed by atoms with Crippen molar-refractivity contribution in [3.8, 4) is 0 Å². The molecule has 0 unspecified atom stereocenters. The molecular weight excluding hydrogens is 198 g/mol. The standard InChI is InChI=1S/C14H31NO/c1-3-5-6-7-8-9-10-11-13-16-14-12-15-4-2/h15H,3-14H2,1-2H3. The van der Waals surface area contributed by atoms with Gasteiger partial charge in [-0.2, -0.15) is 0 Å². The fourth-order valence-electron chi connectivity index (χ4n) is 1.76. The van der Waals surface area contributed by atoms with Crippen LogP contribution in [0, 0.1) is 0 Å². The maximum absolute atomic E-state index is 5.52. The highest BCUT2D eigenvalue weighted by Crippen LogP contribution is 2.08. The van der Waals surface area contributed by atoms with Gasteiger partial charge in [0.05, 0.1) is 6.61 Å². The molecule has 0 bridgehead atoms. The molecule has 0 spiro atoms. The Morgan fingerprint density at radius 1 is 0.750 bits per heavy atom. The molecule has 1 N–H and O–H groups in total. The first kappa shape index (κ1) is 15.9. The van der Waals surface area contributed by atoms with Gasteiger partial charge in [0.2, 0.25) is 0 Å². The number of nitrogens with one attached hydrogen (secondary N) is 1. The average Bonchev–Trinajstić information content (AvgIpc) is 2.31. The minimum Gasteiger partial charge on any atom is -0.380 e. The molecule has 16 heavy (non-hydrogen) atoms. The van der Waals surface area contributed by atoms with Crippen LogP contribution in [0.3, 0.4) is 0 Å². The minimum absolute atomic E-state index is 0.865.